The topological polar surface area (TPSA) is 63.3 Å². The zero-order valence-corrected chi connectivity index (χ0v) is 8.71. The van der Waals surface area contributed by atoms with Crippen molar-refractivity contribution in [3.05, 3.63) is 28.2 Å². The number of aliphatic carboxylic acids is 1. The van der Waals surface area contributed by atoms with Crippen LogP contribution in [0.25, 0.3) is 0 Å². The van der Waals surface area contributed by atoms with Crippen LogP contribution < -0.4 is 5.73 Å². The molecular formula is C9H10BrNO2. The van der Waals surface area contributed by atoms with Gasteiger partial charge < -0.3 is 10.8 Å². The predicted molar refractivity (Wildman–Crippen MR) is 54.6 cm³/mol. The highest BCUT2D eigenvalue weighted by Gasteiger charge is 2.16. The molecule has 0 saturated carbocycles. The van der Waals surface area contributed by atoms with Gasteiger partial charge in [-0.05, 0) is 30.7 Å². The third-order valence-corrected chi connectivity index (χ3v) is 2.38. The average Bonchev–Trinajstić information content (AvgIpc) is 2.08. The minimum absolute atomic E-state index is 0.512. The van der Waals surface area contributed by atoms with E-state index in [9.17, 15) is 4.79 Å². The number of hydrogen-bond donors (Lipinski definition) is 2. The maximum Gasteiger partial charge on any atom is 0.310 e. The monoisotopic (exact) mass is 243 g/mol. The minimum atomic E-state index is -0.871. The number of carbonyl (C=O) groups is 1. The average molecular weight is 244 g/mol. The first kappa shape index (κ1) is 10.1. The summed E-state index contributed by atoms with van der Waals surface area (Å²) in [5, 5.41) is 8.78. The van der Waals surface area contributed by atoms with Crippen molar-refractivity contribution in [2.24, 2.45) is 0 Å². The summed E-state index contributed by atoms with van der Waals surface area (Å²) in [7, 11) is 0. The van der Waals surface area contributed by atoms with Crippen molar-refractivity contribution in [3.8, 4) is 0 Å². The number of nitrogens with two attached hydrogens (primary N) is 1. The molecule has 0 heterocycles. The molecule has 0 aromatic heterocycles. The third kappa shape index (κ3) is 2.21. The fraction of sp³-hybridized carbons (Fsp3) is 0.222. The van der Waals surface area contributed by atoms with Gasteiger partial charge in [-0.2, -0.15) is 0 Å². The van der Waals surface area contributed by atoms with Gasteiger partial charge in [-0.15, -0.1) is 0 Å². The van der Waals surface area contributed by atoms with E-state index in [-0.39, 0.29) is 0 Å². The van der Waals surface area contributed by atoms with Crippen molar-refractivity contribution in [1.82, 2.24) is 0 Å². The molecule has 0 aliphatic heterocycles. The zero-order chi connectivity index (χ0) is 10.0. The summed E-state index contributed by atoms with van der Waals surface area (Å²) in [5.74, 6) is -1.44. The fourth-order valence-corrected chi connectivity index (χ4v) is 1.43. The van der Waals surface area contributed by atoms with E-state index < -0.39 is 11.9 Å². The van der Waals surface area contributed by atoms with Gasteiger partial charge in [0.1, 0.15) is 0 Å². The number of benzene rings is 1. The van der Waals surface area contributed by atoms with Gasteiger partial charge in [0.25, 0.3) is 0 Å². The quantitative estimate of drug-likeness (QED) is 0.784. The predicted octanol–water partition coefficient (Wildman–Crippen LogP) is 2.22. The van der Waals surface area contributed by atoms with Crippen molar-refractivity contribution in [3.63, 3.8) is 0 Å². The van der Waals surface area contributed by atoms with Crippen molar-refractivity contribution in [1.29, 1.82) is 0 Å². The van der Waals surface area contributed by atoms with E-state index in [4.69, 9.17) is 10.8 Å². The van der Waals surface area contributed by atoms with Crippen LogP contribution in [0, 0.1) is 0 Å². The van der Waals surface area contributed by atoms with Crippen LogP contribution in [-0.4, -0.2) is 11.1 Å². The van der Waals surface area contributed by atoms with Crippen LogP contribution in [0.3, 0.4) is 0 Å². The number of halogens is 1. The summed E-state index contributed by atoms with van der Waals surface area (Å²) < 4.78 is 0.838. The van der Waals surface area contributed by atoms with Gasteiger partial charge in [-0.3, -0.25) is 4.79 Å². The molecule has 4 heteroatoms. The van der Waals surface area contributed by atoms with Crippen LogP contribution in [0.5, 0.6) is 0 Å². The summed E-state index contributed by atoms with van der Waals surface area (Å²) in [5.41, 5.74) is 6.80. The molecule has 0 amide bonds. The Morgan fingerprint density at radius 3 is 2.77 bits per heavy atom. The molecule has 0 aliphatic carbocycles. The maximum absolute atomic E-state index is 10.7. The second-order valence-corrected chi connectivity index (χ2v) is 3.75. The van der Waals surface area contributed by atoms with Crippen LogP contribution in [0.4, 0.5) is 5.69 Å². The lowest BCUT2D eigenvalue weighted by molar-refractivity contribution is -0.138. The van der Waals surface area contributed by atoms with Crippen molar-refractivity contribution >= 4 is 27.6 Å². The molecule has 0 fully saturated rings. The molecule has 0 bridgehead atoms. The fourth-order valence-electron chi connectivity index (χ4n) is 1.05. The van der Waals surface area contributed by atoms with E-state index in [1.165, 1.54) is 0 Å². The van der Waals surface area contributed by atoms with Crippen molar-refractivity contribution < 1.29 is 9.90 Å². The molecule has 13 heavy (non-hydrogen) atoms. The lowest BCUT2D eigenvalue weighted by atomic mass is 10.00. The summed E-state index contributed by atoms with van der Waals surface area (Å²) in [6.07, 6.45) is 0. The number of carboxylic acids is 1. The molecule has 0 aliphatic rings. The summed E-state index contributed by atoms with van der Waals surface area (Å²) in [6.45, 7) is 1.61. The second-order valence-electron chi connectivity index (χ2n) is 2.83. The zero-order valence-electron chi connectivity index (χ0n) is 7.12. The molecule has 1 atom stereocenters. The number of carboxylic acid groups (broad SMARTS) is 1. The van der Waals surface area contributed by atoms with Crippen molar-refractivity contribution in [2.75, 3.05) is 5.73 Å². The largest absolute Gasteiger partial charge is 0.481 e. The van der Waals surface area contributed by atoms with E-state index in [2.05, 4.69) is 15.9 Å². The molecule has 1 aromatic carbocycles. The standard InChI is InChI=1S/C9H10BrNO2/c1-5(9(12)13)7-4-6(10)2-3-8(7)11/h2-5H,11H2,1H3,(H,12,13). The van der Waals surface area contributed by atoms with Crippen LogP contribution in [0.2, 0.25) is 0 Å². The van der Waals surface area contributed by atoms with Crippen LogP contribution in [-0.2, 0) is 4.79 Å². The first-order valence-corrected chi connectivity index (χ1v) is 4.59. The lowest BCUT2D eigenvalue weighted by Gasteiger charge is -2.09. The molecular weight excluding hydrogens is 234 g/mol. The van der Waals surface area contributed by atoms with Crippen LogP contribution in [0.1, 0.15) is 18.4 Å². The van der Waals surface area contributed by atoms with Crippen LogP contribution >= 0.6 is 15.9 Å². The Morgan fingerprint density at radius 2 is 2.23 bits per heavy atom. The molecule has 0 radical (unpaired) electrons. The van der Waals surface area contributed by atoms with E-state index >= 15 is 0 Å². The molecule has 1 unspecified atom stereocenters. The third-order valence-electron chi connectivity index (χ3n) is 1.89. The number of anilines is 1. The van der Waals surface area contributed by atoms with Gasteiger partial charge in [0.15, 0.2) is 0 Å². The van der Waals surface area contributed by atoms with Gasteiger partial charge >= 0.3 is 5.97 Å². The Kier molecular flexibility index (Phi) is 2.93. The molecule has 3 N–H and O–H groups in total. The number of rotatable bonds is 2. The molecule has 1 rings (SSSR count). The Balaban J connectivity index is 3.12. The van der Waals surface area contributed by atoms with E-state index in [1.54, 1.807) is 25.1 Å². The second kappa shape index (κ2) is 3.79. The van der Waals surface area contributed by atoms with E-state index in [1.807, 2.05) is 0 Å². The van der Waals surface area contributed by atoms with E-state index in [0.717, 1.165) is 4.47 Å². The van der Waals surface area contributed by atoms with Gasteiger partial charge in [0, 0.05) is 10.2 Å². The SMILES string of the molecule is CC(C(=O)O)c1cc(Br)ccc1N. The molecule has 1 aromatic rings. The smallest absolute Gasteiger partial charge is 0.310 e. The summed E-state index contributed by atoms with van der Waals surface area (Å²) in [4.78, 5) is 10.7. The number of hydrogen-bond acceptors (Lipinski definition) is 2. The molecule has 3 nitrogen and oxygen atoms in total. The van der Waals surface area contributed by atoms with E-state index in [0.29, 0.717) is 11.3 Å². The van der Waals surface area contributed by atoms with Gasteiger partial charge in [-0.1, -0.05) is 15.9 Å². The molecule has 0 spiro atoms. The first-order chi connectivity index (χ1) is 6.02. The Morgan fingerprint density at radius 1 is 1.62 bits per heavy atom. The van der Waals surface area contributed by atoms with Gasteiger partial charge in [-0.25, -0.2) is 0 Å². The van der Waals surface area contributed by atoms with Gasteiger partial charge in [0.2, 0.25) is 0 Å². The highest BCUT2D eigenvalue weighted by Crippen LogP contribution is 2.25. The Bertz CT molecular complexity index is 338. The molecule has 0 saturated heterocycles. The maximum atomic E-state index is 10.7. The minimum Gasteiger partial charge on any atom is -0.481 e. The van der Waals surface area contributed by atoms with Crippen LogP contribution in [0.15, 0.2) is 22.7 Å². The Labute approximate surface area is 84.7 Å². The van der Waals surface area contributed by atoms with Crippen molar-refractivity contribution in [2.45, 2.75) is 12.8 Å². The molecule has 70 valence electrons. The summed E-state index contributed by atoms with van der Waals surface area (Å²) in [6, 6.07) is 5.21. The Hall–Kier alpha value is -1.03. The first-order valence-electron chi connectivity index (χ1n) is 3.80. The lowest BCUT2D eigenvalue weighted by Crippen LogP contribution is -2.09. The van der Waals surface area contributed by atoms with Gasteiger partial charge in [0.05, 0.1) is 5.92 Å². The highest BCUT2D eigenvalue weighted by molar-refractivity contribution is 9.10. The number of nitrogen functional groups attached to an aromatic ring is 1. The normalized spacial score (nSPS) is 12.5. The summed E-state index contributed by atoms with van der Waals surface area (Å²) >= 11 is 3.27. The highest BCUT2D eigenvalue weighted by atomic mass is 79.9.